The van der Waals surface area contributed by atoms with E-state index in [1.165, 1.54) is 13.5 Å². The van der Waals surface area contributed by atoms with Crippen LogP contribution in [0.3, 0.4) is 0 Å². The number of hydrogen-bond donors (Lipinski definition) is 1. The monoisotopic (exact) mass is 383 g/mol. The lowest BCUT2D eigenvalue weighted by molar-refractivity contribution is 0.0600. The fourth-order valence-corrected chi connectivity index (χ4v) is 3.79. The number of rotatable bonds is 7. The van der Waals surface area contributed by atoms with Gasteiger partial charge in [-0.2, -0.15) is 4.98 Å². The summed E-state index contributed by atoms with van der Waals surface area (Å²) >= 11 is 0. The average Bonchev–Trinajstić information content (AvgIpc) is 3.47. The number of hydrogen-bond acceptors (Lipinski definition) is 7. The van der Waals surface area contributed by atoms with E-state index in [0.29, 0.717) is 35.6 Å². The molecule has 1 heterocycles. The fourth-order valence-electron chi connectivity index (χ4n) is 3.79. The lowest BCUT2D eigenvalue weighted by Gasteiger charge is -2.17. The topological polar surface area (TPSA) is 104 Å². The molecular weight excluding hydrogens is 362 g/mol. The van der Waals surface area contributed by atoms with Crippen LogP contribution in [0.15, 0.2) is 40.9 Å². The normalized spacial score (nSPS) is 22.2. The predicted molar refractivity (Wildman–Crippen MR) is 97.6 cm³/mol. The summed E-state index contributed by atoms with van der Waals surface area (Å²) < 4.78 is 15.2. The van der Waals surface area contributed by atoms with Gasteiger partial charge in [0, 0.05) is 6.54 Å². The van der Waals surface area contributed by atoms with E-state index in [-0.39, 0.29) is 24.2 Å². The van der Waals surface area contributed by atoms with Gasteiger partial charge in [-0.25, -0.2) is 4.79 Å². The van der Waals surface area contributed by atoms with Crippen LogP contribution in [-0.4, -0.2) is 35.7 Å². The van der Waals surface area contributed by atoms with Gasteiger partial charge in [0.2, 0.25) is 5.82 Å². The van der Waals surface area contributed by atoms with Crippen molar-refractivity contribution < 1.29 is 23.6 Å². The highest BCUT2D eigenvalue weighted by molar-refractivity contribution is 5.89. The largest absolute Gasteiger partial charge is 0.485 e. The SMILES string of the molecule is COC(=O)c1ccc(OCc2noc(C(=O)NC[C@@H]3C[C@@H]4C=C[C@H]3C4)n2)cc1. The summed E-state index contributed by atoms with van der Waals surface area (Å²) in [5, 5.41) is 6.65. The molecule has 146 valence electrons. The molecule has 1 fully saturated rings. The molecule has 0 radical (unpaired) electrons. The maximum atomic E-state index is 12.2. The number of amides is 1. The third-order valence-electron chi connectivity index (χ3n) is 5.25. The molecule has 1 aromatic heterocycles. The molecule has 0 saturated heterocycles. The summed E-state index contributed by atoms with van der Waals surface area (Å²) in [6.45, 7) is 0.663. The van der Waals surface area contributed by atoms with E-state index >= 15 is 0 Å². The van der Waals surface area contributed by atoms with Gasteiger partial charge < -0.3 is 19.3 Å². The number of methoxy groups -OCH3 is 1. The van der Waals surface area contributed by atoms with E-state index in [4.69, 9.17) is 9.26 Å². The molecule has 0 unspecified atom stereocenters. The van der Waals surface area contributed by atoms with Crippen LogP contribution < -0.4 is 10.1 Å². The number of aromatic nitrogens is 2. The van der Waals surface area contributed by atoms with Crippen LogP contribution in [0.25, 0.3) is 0 Å². The molecule has 3 atom stereocenters. The molecule has 28 heavy (non-hydrogen) atoms. The van der Waals surface area contributed by atoms with E-state index in [0.717, 1.165) is 6.42 Å². The van der Waals surface area contributed by atoms with Gasteiger partial charge in [-0.1, -0.05) is 17.3 Å². The molecule has 0 aliphatic heterocycles. The number of esters is 1. The molecule has 1 N–H and O–H groups in total. The lowest BCUT2D eigenvalue weighted by atomic mass is 9.94. The summed E-state index contributed by atoms with van der Waals surface area (Å²) in [5.74, 6) is 1.67. The van der Waals surface area contributed by atoms with E-state index in [2.05, 4.69) is 32.3 Å². The highest BCUT2D eigenvalue weighted by Crippen LogP contribution is 2.42. The standard InChI is InChI=1S/C20H21N3O5/c1-26-20(25)13-4-6-16(7-5-13)27-11-17-22-19(28-23-17)18(24)21-10-15-9-12-2-3-14(15)8-12/h2-7,12,14-15H,8-11H2,1H3,(H,21,24)/t12-,14+,15+/m1/s1. The molecule has 2 aromatic rings. The van der Waals surface area contributed by atoms with Gasteiger partial charge in [-0.05, 0) is 54.9 Å². The Bertz CT molecular complexity index is 890. The molecule has 2 aliphatic carbocycles. The predicted octanol–water partition coefficient (Wildman–Crippen LogP) is 2.38. The van der Waals surface area contributed by atoms with Gasteiger partial charge in [0.25, 0.3) is 0 Å². The molecule has 2 aliphatic rings. The number of nitrogens with zero attached hydrogens (tertiary/aromatic N) is 2. The van der Waals surface area contributed by atoms with Crippen LogP contribution in [0.2, 0.25) is 0 Å². The first-order valence-electron chi connectivity index (χ1n) is 9.22. The number of carbonyl (C=O) groups is 2. The Kier molecular flexibility index (Phi) is 5.10. The number of ether oxygens (including phenoxy) is 2. The van der Waals surface area contributed by atoms with Crippen molar-refractivity contribution in [1.29, 1.82) is 0 Å². The first-order chi connectivity index (χ1) is 13.6. The summed E-state index contributed by atoms with van der Waals surface area (Å²) in [5.41, 5.74) is 0.430. The Morgan fingerprint density at radius 1 is 1.21 bits per heavy atom. The first kappa shape index (κ1) is 18.2. The second kappa shape index (κ2) is 7.84. The highest BCUT2D eigenvalue weighted by Gasteiger charge is 2.35. The van der Waals surface area contributed by atoms with E-state index < -0.39 is 5.97 Å². The molecule has 1 saturated carbocycles. The Morgan fingerprint density at radius 3 is 2.71 bits per heavy atom. The zero-order valence-electron chi connectivity index (χ0n) is 15.5. The van der Waals surface area contributed by atoms with E-state index in [1.54, 1.807) is 24.3 Å². The van der Waals surface area contributed by atoms with Crippen LogP contribution in [0, 0.1) is 17.8 Å². The van der Waals surface area contributed by atoms with E-state index in [1.807, 2.05) is 0 Å². The summed E-state index contributed by atoms with van der Waals surface area (Å²) in [6.07, 6.45) is 6.85. The van der Waals surface area contributed by atoms with Crippen molar-refractivity contribution in [1.82, 2.24) is 15.5 Å². The van der Waals surface area contributed by atoms with Crippen molar-refractivity contribution in [3.8, 4) is 5.75 Å². The van der Waals surface area contributed by atoms with Gasteiger partial charge in [-0.3, -0.25) is 4.79 Å². The molecule has 2 bridgehead atoms. The number of fused-ring (bicyclic) bond motifs is 2. The van der Waals surface area contributed by atoms with Crippen molar-refractivity contribution in [2.75, 3.05) is 13.7 Å². The first-order valence-corrected chi connectivity index (χ1v) is 9.22. The Balaban J connectivity index is 1.26. The third kappa shape index (κ3) is 3.90. The molecule has 1 amide bonds. The number of allylic oxidation sites excluding steroid dienone is 2. The van der Waals surface area contributed by atoms with E-state index in [9.17, 15) is 9.59 Å². The maximum absolute atomic E-state index is 12.2. The molecule has 1 aromatic carbocycles. The van der Waals surface area contributed by atoms with Gasteiger partial charge in [0.15, 0.2) is 6.61 Å². The average molecular weight is 383 g/mol. The second-order valence-electron chi connectivity index (χ2n) is 7.07. The van der Waals surface area contributed by atoms with Crippen LogP contribution in [0.4, 0.5) is 0 Å². The maximum Gasteiger partial charge on any atom is 0.337 e. The number of carbonyl (C=O) groups excluding carboxylic acids is 2. The Labute approximate surface area is 161 Å². The number of nitrogens with one attached hydrogen (secondary N) is 1. The summed E-state index contributed by atoms with van der Waals surface area (Å²) in [6, 6.07) is 6.48. The molecule has 8 heteroatoms. The summed E-state index contributed by atoms with van der Waals surface area (Å²) in [7, 11) is 1.32. The molecule has 0 spiro atoms. The minimum atomic E-state index is -0.415. The fraction of sp³-hybridized carbons (Fsp3) is 0.400. The third-order valence-corrected chi connectivity index (χ3v) is 5.25. The Hall–Kier alpha value is -3.16. The van der Waals surface area contributed by atoms with Gasteiger partial charge >= 0.3 is 17.8 Å². The Morgan fingerprint density at radius 2 is 2.04 bits per heavy atom. The van der Waals surface area contributed by atoms with Crippen LogP contribution in [0.1, 0.15) is 39.7 Å². The summed E-state index contributed by atoms with van der Waals surface area (Å²) in [4.78, 5) is 27.7. The van der Waals surface area contributed by atoms with Crippen LogP contribution >= 0.6 is 0 Å². The number of benzene rings is 1. The van der Waals surface area contributed by atoms with Crippen molar-refractivity contribution in [2.24, 2.45) is 17.8 Å². The lowest BCUT2D eigenvalue weighted by Crippen LogP contribution is -2.31. The van der Waals surface area contributed by atoms with Crippen molar-refractivity contribution in [3.63, 3.8) is 0 Å². The van der Waals surface area contributed by atoms with Gasteiger partial charge in [0.05, 0.1) is 12.7 Å². The van der Waals surface area contributed by atoms with Crippen molar-refractivity contribution >= 4 is 11.9 Å². The second-order valence-corrected chi connectivity index (χ2v) is 7.07. The minimum absolute atomic E-state index is 0.0471. The van der Waals surface area contributed by atoms with Crippen LogP contribution in [-0.2, 0) is 11.3 Å². The molecule has 4 rings (SSSR count). The van der Waals surface area contributed by atoms with Crippen molar-refractivity contribution in [3.05, 3.63) is 53.7 Å². The van der Waals surface area contributed by atoms with Crippen LogP contribution in [0.5, 0.6) is 5.75 Å². The smallest absolute Gasteiger partial charge is 0.337 e. The molecular formula is C20H21N3O5. The van der Waals surface area contributed by atoms with Gasteiger partial charge in [-0.15, -0.1) is 0 Å². The zero-order valence-corrected chi connectivity index (χ0v) is 15.5. The highest BCUT2D eigenvalue weighted by atomic mass is 16.5. The van der Waals surface area contributed by atoms with Crippen molar-refractivity contribution in [2.45, 2.75) is 19.4 Å². The minimum Gasteiger partial charge on any atom is -0.485 e. The zero-order chi connectivity index (χ0) is 19.5. The molecule has 8 nitrogen and oxygen atoms in total. The van der Waals surface area contributed by atoms with Gasteiger partial charge in [0.1, 0.15) is 5.75 Å². The quantitative estimate of drug-likeness (QED) is 0.578.